The fraction of sp³-hybridized carbons (Fsp3) is 0.231. The van der Waals surface area contributed by atoms with Crippen LogP contribution >= 0.6 is 11.3 Å². The standard InChI is InChI=1S/C13H14N2O3S/c1-3-18-12(16)10-8-19-13(15-10)14-9-6-4-5-7-11(9)17-2/h4-8H,3H2,1-2H3,(H,14,15). The molecule has 0 atom stereocenters. The van der Waals surface area contributed by atoms with Crippen LogP contribution in [0.3, 0.4) is 0 Å². The number of nitrogens with zero attached hydrogens (tertiary/aromatic N) is 1. The van der Waals surface area contributed by atoms with E-state index in [0.717, 1.165) is 11.4 Å². The van der Waals surface area contributed by atoms with Gasteiger partial charge < -0.3 is 14.8 Å². The van der Waals surface area contributed by atoms with Gasteiger partial charge in [0.1, 0.15) is 5.75 Å². The third kappa shape index (κ3) is 3.23. The highest BCUT2D eigenvalue weighted by molar-refractivity contribution is 7.14. The molecule has 0 aliphatic rings. The highest BCUT2D eigenvalue weighted by Gasteiger charge is 2.12. The highest BCUT2D eigenvalue weighted by Crippen LogP contribution is 2.28. The summed E-state index contributed by atoms with van der Waals surface area (Å²) in [6.45, 7) is 2.10. The summed E-state index contributed by atoms with van der Waals surface area (Å²) in [6, 6.07) is 7.51. The number of esters is 1. The van der Waals surface area contributed by atoms with Crippen molar-refractivity contribution in [1.82, 2.24) is 4.98 Å². The minimum atomic E-state index is -0.410. The average molecular weight is 278 g/mol. The smallest absolute Gasteiger partial charge is 0.357 e. The molecular weight excluding hydrogens is 264 g/mol. The van der Waals surface area contributed by atoms with E-state index in [1.54, 1.807) is 19.4 Å². The van der Waals surface area contributed by atoms with Crippen molar-refractivity contribution >= 4 is 28.1 Å². The zero-order valence-electron chi connectivity index (χ0n) is 10.7. The normalized spacial score (nSPS) is 10.0. The lowest BCUT2D eigenvalue weighted by atomic mass is 10.3. The Balaban J connectivity index is 2.13. The van der Waals surface area contributed by atoms with Crippen molar-refractivity contribution in [2.45, 2.75) is 6.92 Å². The second-order valence-electron chi connectivity index (χ2n) is 3.58. The monoisotopic (exact) mass is 278 g/mol. The van der Waals surface area contributed by atoms with Gasteiger partial charge in [-0.3, -0.25) is 0 Å². The van der Waals surface area contributed by atoms with Crippen LogP contribution in [-0.2, 0) is 4.74 Å². The van der Waals surface area contributed by atoms with Gasteiger partial charge in [-0.15, -0.1) is 11.3 Å². The number of para-hydroxylation sites is 2. The Morgan fingerprint density at radius 1 is 1.42 bits per heavy atom. The summed E-state index contributed by atoms with van der Waals surface area (Å²) >= 11 is 1.34. The largest absolute Gasteiger partial charge is 0.495 e. The molecule has 0 aliphatic carbocycles. The van der Waals surface area contributed by atoms with Crippen LogP contribution in [0.25, 0.3) is 0 Å². The zero-order valence-corrected chi connectivity index (χ0v) is 11.5. The highest BCUT2D eigenvalue weighted by atomic mass is 32.1. The summed E-state index contributed by atoms with van der Waals surface area (Å²) in [6.07, 6.45) is 0. The predicted molar refractivity (Wildman–Crippen MR) is 74.3 cm³/mol. The van der Waals surface area contributed by atoms with E-state index in [0.29, 0.717) is 17.4 Å². The molecule has 0 saturated carbocycles. The molecule has 1 N–H and O–H groups in total. The molecule has 2 aromatic rings. The van der Waals surface area contributed by atoms with Crippen molar-refractivity contribution in [2.75, 3.05) is 19.0 Å². The molecule has 1 aromatic carbocycles. The molecule has 6 heteroatoms. The summed E-state index contributed by atoms with van der Waals surface area (Å²) in [5.74, 6) is 0.308. The number of aromatic nitrogens is 1. The Hall–Kier alpha value is -2.08. The van der Waals surface area contributed by atoms with Crippen LogP contribution in [0.2, 0.25) is 0 Å². The maximum Gasteiger partial charge on any atom is 0.357 e. The lowest BCUT2D eigenvalue weighted by Gasteiger charge is -2.07. The Morgan fingerprint density at radius 2 is 2.21 bits per heavy atom. The van der Waals surface area contributed by atoms with Gasteiger partial charge in [-0.2, -0.15) is 0 Å². The average Bonchev–Trinajstić information content (AvgIpc) is 2.88. The molecule has 19 heavy (non-hydrogen) atoms. The van der Waals surface area contributed by atoms with E-state index in [1.165, 1.54) is 11.3 Å². The Labute approximate surface area is 115 Å². The van der Waals surface area contributed by atoms with E-state index in [1.807, 2.05) is 24.3 Å². The number of hydrogen-bond donors (Lipinski definition) is 1. The minimum absolute atomic E-state index is 0.309. The van der Waals surface area contributed by atoms with Gasteiger partial charge in [-0.05, 0) is 19.1 Å². The van der Waals surface area contributed by atoms with Gasteiger partial charge in [0.15, 0.2) is 10.8 Å². The lowest BCUT2D eigenvalue weighted by molar-refractivity contribution is 0.0520. The van der Waals surface area contributed by atoms with Gasteiger partial charge in [-0.1, -0.05) is 12.1 Å². The van der Waals surface area contributed by atoms with Crippen LogP contribution in [0.15, 0.2) is 29.6 Å². The summed E-state index contributed by atoms with van der Waals surface area (Å²) < 4.78 is 10.1. The van der Waals surface area contributed by atoms with Crippen molar-refractivity contribution in [2.24, 2.45) is 0 Å². The van der Waals surface area contributed by atoms with Crippen molar-refractivity contribution in [3.8, 4) is 5.75 Å². The van der Waals surface area contributed by atoms with Gasteiger partial charge in [0.25, 0.3) is 0 Å². The third-order valence-electron chi connectivity index (χ3n) is 2.34. The third-order valence-corrected chi connectivity index (χ3v) is 3.10. The second kappa shape index (κ2) is 6.19. The molecular formula is C13H14N2O3S. The quantitative estimate of drug-likeness (QED) is 0.852. The van der Waals surface area contributed by atoms with Gasteiger partial charge in [0, 0.05) is 5.38 Å². The lowest BCUT2D eigenvalue weighted by Crippen LogP contribution is -2.05. The molecule has 0 unspecified atom stereocenters. The molecule has 0 fully saturated rings. The number of carbonyl (C=O) groups is 1. The number of methoxy groups -OCH3 is 1. The Kier molecular flexibility index (Phi) is 4.35. The molecule has 2 rings (SSSR count). The van der Waals surface area contributed by atoms with E-state index in [4.69, 9.17) is 9.47 Å². The fourth-order valence-corrected chi connectivity index (χ4v) is 2.19. The van der Waals surface area contributed by atoms with Crippen LogP contribution < -0.4 is 10.1 Å². The molecule has 100 valence electrons. The van der Waals surface area contributed by atoms with Gasteiger partial charge in [0.2, 0.25) is 0 Å². The number of anilines is 2. The van der Waals surface area contributed by atoms with Crippen molar-refractivity contribution in [1.29, 1.82) is 0 Å². The van der Waals surface area contributed by atoms with Crippen LogP contribution in [0.4, 0.5) is 10.8 Å². The zero-order chi connectivity index (χ0) is 13.7. The first-order valence-corrected chi connectivity index (χ1v) is 6.65. The molecule has 0 spiro atoms. The first kappa shape index (κ1) is 13.4. The van der Waals surface area contributed by atoms with E-state index >= 15 is 0 Å². The first-order chi connectivity index (χ1) is 9.24. The SMILES string of the molecule is CCOC(=O)c1csc(Nc2ccccc2OC)n1. The summed E-state index contributed by atoms with van der Waals surface area (Å²) in [5, 5.41) is 5.40. The van der Waals surface area contributed by atoms with Crippen LogP contribution in [0.5, 0.6) is 5.75 Å². The number of rotatable bonds is 5. The number of carbonyl (C=O) groups excluding carboxylic acids is 1. The van der Waals surface area contributed by atoms with E-state index in [9.17, 15) is 4.79 Å². The van der Waals surface area contributed by atoms with Crippen LogP contribution in [-0.4, -0.2) is 24.7 Å². The number of thiazole rings is 1. The van der Waals surface area contributed by atoms with E-state index < -0.39 is 5.97 Å². The summed E-state index contributed by atoms with van der Waals surface area (Å²) in [7, 11) is 1.60. The van der Waals surface area contributed by atoms with Gasteiger partial charge >= 0.3 is 5.97 Å². The maximum atomic E-state index is 11.5. The van der Waals surface area contributed by atoms with Gasteiger partial charge in [0.05, 0.1) is 19.4 Å². The van der Waals surface area contributed by atoms with E-state index in [2.05, 4.69) is 10.3 Å². The maximum absolute atomic E-state index is 11.5. The van der Waals surface area contributed by atoms with Crippen LogP contribution in [0, 0.1) is 0 Å². The predicted octanol–water partition coefficient (Wildman–Crippen LogP) is 3.07. The number of benzene rings is 1. The first-order valence-electron chi connectivity index (χ1n) is 5.77. The second-order valence-corrected chi connectivity index (χ2v) is 4.44. The van der Waals surface area contributed by atoms with Crippen molar-refractivity contribution in [3.63, 3.8) is 0 Å². The Morgan fingerprint density at radius 3 is 2.95 bits per heavy atom. The molecule has 5 nitrogen and oxygen atoms in total. The summed E-state index contributed by atoms with van der Waals surface area (Å²) in [5.41, 5.74) is 1.11. The number of ether oxygens (including phenoxy) is 2. The minimum Gasteiger partial charge on any atom is -0.495 e. The number of nitrogens with one attached hydrogen (secondary N) is 1. The van der Waals surface area contributed by atoms with Crippen molar-refractivity contribution in [3.05, 3.63) is 35.3 Å². The fourth-order valence-electron chi connectivity index (χ4n) is 1.49. The topological polar surface area (TPSA) is 60.5 Å². The van der Waals surface area contributed by atoms with Crippen molar-refractivity contribution < 1.29 is 14.3 Å². The summed E-state index contributed by atoms with van der Waals surface area (Å²) in [4.78, 5) is 15.7. The molecule has 1 aromatic heterocycles. The molecule has 0 aliphatic heterocycles. The van der Waals surface area contributed by atoms with E-state index in [-0.39, 0.29) is 0 Å². The Bertz CT molecular complexity index is 569. The molecule has 0 saturated heterocycles. The van der Waals surface area contributed by atoms with Gasteiger partial charge in [-0.25, -0.2) is 9.78 Å². The van der Waals surface area contributed by atoms with Crippen LogP contribution in [0.1, 0.15) is 17.4 Å². The molecule has 0 radical (unpaired) electrons. The molecule has 0 bridgehead atoms. The molecule has 1 heterocycles. The number of hydrogen-bond acceptors (Lipinski definition) is 6. The molecule has 0 amide bonds.